The van der Waals surface area contributed by atoms with Crippen molar-refractivity contribution < 1.29 is 14.6 Å². The Balaban J connectivity index is 2.05. The van der Waals surface area contributed by atoms with E-state index in [0.717, 1.165) is 22.4 Å². The second kappa shape index (κ2) is 8.03. The fraction of sp³-hybridized carbons (Fsp3) is 0.211. The van der Waals surface area contributed by atoms with Crippen LogP contribution in [0.1, 0.15) is 29.5 Å². The number of carboxylic acids is 1. The van der Waals surface area contributed by atoms with Gasteiger partial charge in [-0.05, 0) is 30.5 Å². The van der Waals surface area contributed by atoms with E-state index in [2.05, 4.69) is 0 Å². The number of carboxylic acid groups (broad SMARTS) is 1. The van der Waals surface area contributed by atoms with Crippen molar-refractivity contribution in [1.82, 2.24) is 0 Å². The number of carbonyl (C=O) groups is 1. The summed E-state index contributed by atoms with van der Waals surface area (Å²) >= 11 is 0. The van der Waals surface area contributed by atoms with Gasteiger partial charge in [-0.2, -0.15) is 0 Å². The van der Waals surface area contributed by atoms with Gasteiger partial charge in [0.1, 0.15) is 12.4 Å². The number of benzene rings is 2. The van der Waals surface area contributed by atoms with Gasteiger partial charge in [-0.15, -0.1) is 0 Å². The van der Waals surface area contributed by atoms with Crippen molar-refractivity contribution in [3.05, 3.63) is 71.3 Å². The number of hydrogen-bond acceptors (Lipinski definition) is 2. The van der Waals surface area contributed by atoms with E-state index in [1.54, 1.807) is 0 Å². The van der Waals surface area contributed by atoms with Gasteiger partial charge in [0.15, 0.2) is 0 Å². The Morgan fingerprint density at radius 1 is 1.18 bits per heavy atom. The molecule has 0 atom stereocenters. The second-order valence-corrected chi connectivity index (χ2v) is 5.15. The van der Waals surface area contributed by atoms with E-state index in [9.17, 15) is 4.79 Å². The van der Waals surface area contributed by atoms with Crippen molar-refractivity contribution in [2.75, 3.05) is 0 Å². The lowest BCUT2D eigenvalue weighted by Crippen LogP contribution is -1.97. The second-order valence-electron chi connectivity index (χ2n) is 5.15. The zero-order chi connectivity index (χ0) is 15.8. The molecule has 0 bridgehead atoms. The van der Waals surface area contributed by atoms with Crippen molar-refractivity contribution in [2.24, 2.45) is 0 Å². The van der Waals surface area contributed by atoms with Crippen LogP contribution in [0.3, 0.4) is 0 Å². The maximum atomic E-state index is 10.5. The molecule has 22 heavy (non-hydrogen) atoms. The largest absolute Gasteiger partial charge is 0.488 e. The Bertz CT molecular complexity index is 645. The maximum absolute atomic E-state index is 10.5. The van der Waals surface area contributed by atoms with Crippen LogP contribution in [0.2, 0.25) is 0 Å². The minimum Gasteiger partial charge on any atom is -0.488 e. The molecule has 0 spiro atoms. The van der Waals surface area contributed by atoms with E-state index >= 15 is 0 Å². The summed E-state index contributed by atoms with van der Waals surface area (Å²) in [5, 5.41) is 8.65. The van der Waals surface area contributed by atoms with Crippen molar-refractivity contribution in [3.63, 3.8) is 0 Å². The molecule has 0 aromatic heterocycles. The van der Waals surface area contributed by atoms with Gasteiger partial charge in [-0.3, -0.25) is 4.79 Å². The molecule has 0 aliphatic heterocycles. The highest BCUT2D eigenvalue weighted by atomic mass is 16.5. The number of aryl methyl sites for hydroxylation is 1. The van der Waals surface area contributed by atoms with E-state index in [-0.39, 0.29) is 6.42 Å². The molecular weight excluding hydrogens is 276 g/mol. The average molecular weight is 296 g/mol. The maximum Gasteiger partial charge on any atom is 0.303 e. The van der Waals surface area contributed by atoms with Gasteiger partial charge < -0.3 is 9.84 Å². The highest BCUT2D eigenvalue weighted by molar-refractivity contribution is 5.67. The van der Waals surface area contributed by atoms with E-state index < -0.39 is 5.97 Å². The van der Waals surface area contributed by atoms with Crippen LogP contribution in [0.25, 0.3) is 6.08 Å². The fourth-order valence-electron chi connectivity index (χ4n) is 2.06. The average Bonchev–Trinajstić information content (AvgIpc) is 2.52. The molecule has 0 unspecified atom stereocenters. The van der Waals surface area contributed by atoms with Gasteiger partial charge in [0.25, 0.3) is 0 Å². The van der Waals surface area contributed by atoms with E-state index in [4.69, 9.17) is 9.84 Å². The Morgan fingerprint density at radius 2 is 1.95 bits per heavy atom. The summed E-state index contributed by atoms with van der Waals surface area (Å²) in [5.74, 6) is 0.0320. The van der Waals surface area contributed by atoms with Crippen LogP contribution in [-0.4, -0.2) is 11.1 Å². The Hall–Kier alpha value is -2.55. The van der Waals surface area contributed by atoms with Crippen molar-refractivity contribution in [2.45, 2.75) is 26.4 Å². The van der Waals surface area contributed by atoms with Crippen LogP contribution in [0.5, 0.6) is 5.75 Å². The number of allylic oxidation sites excluding steroid dienone is 1. The van der Waals surface area contributed by atoms with E-state index in [1.165, 1.54) is 0 Å². The van der Waals surface area contributed by atoms with Crippen LogP contribution >= 0.6 is 0 Å². The molecule has 0 radical (unpaired) electrons. The van der Waals surface area contributed by atoms with Crippen molar-refractivity contribution in [3.8, 4) is 5.75 Å². The van der Waals surface area contributed by atoms with Gasteiger partial charge in [0.05, 0.1) is 0 Å². The highest BCUT2D eigenvalue weighted by Crippen LogP contribution is 2.23. The summed E-state index contributed by atoms with van der Waals surface area (Å²) in [6, 6.07) is 16.0. The quantitative estimate of drug-likeness (QED) is 0.821. The van der Waals surface area contributed by atoms with Crippen molar-refractivity contribution >= 4 is 12.0 Å². The Morgan fingerprint density at radius 3 is 2.68 bits per heavy atom. The molecule has 0 aliphatic rings. The van der Waals surface area contributed by atoms with Crippen molar-refractivity contribution in [1.29, 1.82) is 0 Å². The first-order valence-corrected chi connectivity index (χ1v) is 7.31. The first-order chi connectivity index (χ1) is 10.6. The summed E-state index contributed by atoms with van der Waals surface area (Å²) in [4.78, 5) is 10.5. The predicted molar refractivity (Wildman–Crippen MR) is 87.9 cm³/mol. The first-order valence-electron chi connectivity index (χ1n) is 7.31. The van der Waals surface area contributed by atoms with Crippen LogP contribution in [0.15, 0.2) is 54.6 Å². The third-order valence-electron chi connectivity index (χ3n) is 3.23. The van der Waals surface area contributed by atoms with Crippen LogP contribution < -0.4 is 4.74 Å². The SMILES string of the molecule is Cc1ccc(C=CCCC(=O)O)c(OCc2ccccc2)c1. The molecule has 114 valence electrons. The van der Waals surface area contributed by atoms with Crippen LogP contribution in [0, 0.1) is 6.92 Å². The lowest BCUT2D eigenvalue weighted by atomic mass is 10.1. The third-order valence-corrected chi connectivity index (χ3v) is 3.23. The third kappa shape index (κ3) is 5.09. The minimum atomic E-state index is -0.783. The molecule has 3 heteroatoms. The Labute approximate surface area is 130 Å². The minimum absolute atomic E-state index is 0.141. The summed E-state index contributed by atoms with van der Waals surface area (Å²) < 4.78 is 5.91. The molecule has 1 N–H and O–H groups in total. The fourth-order valence-corrected chi connectivity index (χ4v) is 2.06. The number of aliphatic carboxylic acids is 1. The lowest BCUT2D eigenvalue weighted by molar-refractivity contribution is -0.136. The van der Waals surface area contributed by atoms with E-state index in [0.29, 0.717) is 13.0 Å². The predicted octanol–water partition coefficient (Wildman–Crippen LogP) is 4.45. The lowest BCUT2D eigenvalue weighted by Gasteiger charge is -2.10. The molecule has 3 nitrogen and oxygen atoms in total. The molecule has 0 aliphatic carbocycles. The molecule has 0 fully saturated rings. The monoisotopic (exact) mass is 296 g/mol. The molecule has 2 aromatic carbocycles. The summed E-state index contributed by atoms with van der Waals surface area (Å²) in [6.45, 7) is 2.54. The zero-order valence-electron chi connectivity index (χ0n) is 12.7. The van der Waals surface area contributed by atoms with Gasteiger partial charge >= 0.3 is 5.97 Å². The molecule has 0 saturated carbocycles. The first kappa shape index (κ1) is 15.8. The molecule has 0 saturated heterocycles. The smallest absolute Gasteiger partial charge is 0.303 e. The topological polar surface area (TPSA) is 46.5 Å². The summed E-state index contributed by atoms with van der Waals surface area (Å²) in [7, 11) is 0. The van der Waals surface area contributed by atoms with Gasteiger partial charge in [-0.25, -0.2) is 0 Å². The highest BCUT2D eigenvalue weighted by Gasteiger charge is 2.02. The Kier molecular flexibility index (Phi) is 5.78. The van der Waals surface area contributed by atoms with Crippen LogP contribution in [-0.2, 0) is 11.4 Å². The molecule has 0 heterocycles. The molecule has 2 rings (SSSR count). The van der Waals surface area contributed by atoms with Gasteiger partial charge in [-0.1, -0.05) is 54.6 Å². The van der Waals surface area contributed by atoms with E-state index in [1.807, 2.05) is 67.6 Å². The summed E-state index contributed by atoms with van der Waals surface area (Å²) in [6.07, 6.45) is 4.45. The standard InChI is InChI=1S/C19H20O3/c1-15-11-12-17(9-5-6-10-19(20)21)18(13-15)22-14-16-7-3-2-4-8-16/h2-5,7-9,11-13H,6,10,14H2,1H3,(H,20,21). The number of hydrogen-bond donors (Lipinski definition) is 1. The summed E-state index contributed by atoms with van der Waals surface area (Å²) in [5.41, 5.74) is 3.21. The molecule has 0 amide bonds. The number of rotatable bonds is 7. The normalized spacial score (nSPS) is 10.8. The van der Waals surface area contributed by atoms with Gasteiger partial charge in [0.2, 0.25) is 0 Å². The van der Waals surface area contributed by atoms with Crippen LogP contribution in [0.4, 0.5) is 0 Å². The molecular formula is C19H20O3. The van der Waals surface area contributed by atoms with Gasteiger partial charge in [0, 0.05) is 12.0 Å². The molecule has 2 aromatic rings. The number of ether oxygens (including phenoxy) is 1. The zero-order valence-corrected chi connectivity index (χ0v) is 12.7.